The predicted octanol–water partition coefficient (Wildman–Crippen LogP) is 14.8. The lowest BCUT2D eigenvalue weighted by molar-refractivity contribution is 0.653. The highest BCUT2D eigenvalue weighted by Crippen LogP contribution is 2.60. The van der Waals surface area contributed by atoms with Gasteiger partial charge >= 0.3 is 0 Å². The molecule has 0 aromatic heterocycles. The normalized spacial score (nSPS) is 14.6. The second kappa shape index (κ2) is 11.1. The van der Waals surface area contributed by atoms with Crippen LogP contribution in [0, 0.1) is 0 Å². The molecule has 0 saturated carbocycles. The van der Waals surface area contributed by atoms with E-state index in [1.165, 1.54) is 110 Å². The van der Waals surface area contributed by atoms with E-state index in [1.54, 1.807) is 0 Å². The molecule has 2 aliphatic rings. The van der Waals surface area contributed by atoms with Crippen LogP contribution in [0.25, 0.3) is 88.0 Å². The van der Waals surface area contributed by atoms with Crippen molar-refractivity contribution >= 4 is 32.3 Å². The summed E-state index contributed by atoms with van der Waals surface area (Å²) in [7, 11) is 0. The second-order valence-corrected chi connectivity index (χ2v) is 16.4. The van der Waals surface area contributed by atoms with Gasteiger partial charge in [-0.2, -0.15) is 0 Å². The average molecular weight is 689 g/mol. The lowest BCUT2D eigenvalue weighted by Crippen LogP contribution is -2.18. The molecule has 2 aliphatic carbocycles. The van der Waals surface area contributed by atoms with E-state index in [2.05, 4.69) is 198 Å². The molecule has 0 radical (unpaired) electrons. The molecule has 0 aliphatic heterocycles. The Labute approximate surface area is 317 Å². The molecule has 0 fully saturated rings. The van der Waals surface area contributed by atoms with Crippen molar-refractivity contribution in [2.45, 2.75) is 38.5 Å². The van der Waals surface area contributed by atoms with Crippen molar-refractivity contribution in [2.24, 2.45) is 0 Å². The molecule has 0 unspecified atom stereocenters. The van der Waals surface area contributed by atoms with Gasteiger partial charge in [0.25, 0.3) is 0 Å². The van der Waals surface area contributed by atoms with Crippen molar-refractivity contribution in [2.75, 3.05) is 0 Å². The van der Waals surface area contributed by atoms with Gasteiger partial charge in [-0.1, -0.05) is 179 Å². The van der Waals surface area contributed by atoms with Crippen LogP contribution < -0.4 is 0 Å². The smallest absolute Gasteiger partial charge is 0.0165 e. The lowest BCUT2D eigenvalue weighted by Gasteiger charge is -2.28. The third-order valence-corrected chi connectivity index (χ3v) is 12.8. The summed E-state index contributed by atoms with van der Waals surface area (Å²) in [6.07, 6.45) is 0. The Kier molecular flexibility index (Phi) is 6.46. The molecule has 54 heavy (non-hydrogen) atoms. The summed E-state index contributed by atoms with van der Waals surface area (Å²) in [4.78, 5) is 0. The van der Waals surface area contributed by atoms with Crippen molar-refractivity contribution in [1.82, 2.24) is 0 Å². The third kappa shape index (κ3) is 4.20. The Balaban J connectivity index is 1.21. The van der Waals surface area contributed by atoms with Crippen molar-refractivity contribution in [3.8, 4) is 55.6 Å². The molecular formula is C54H40. The molecule has 0 N–H and O–H groups in total. The highest BCUT2D eigenvalue weighted by atomic mass is 14.5. The van der Waals surface area contributed by atoms with E-state index >= 15 is 0 Å². The van der Waals surface area contributed by atoms with E-state index in [0.717, 1.165) is 0 Å². The van der Waals surface area contributed by atoms with E-state index in [1.807, 2.05) is 0 Å². The monoisotopic (exact) mass is 688 g/mol. The van der Waals surface area contributed by atoms with Crippen LogP contribution in [0.1, 0.15) is 49.9 Å². The van der Waals surface area contributed by atoms with Gasteiger partial charge < -0.3 is 0 Å². The summed E-state index contributed by atoms with van der Waals surface area (Å²) in [5.41, 5.74) is 18.7. The zero-order valence-corrected chi connectivity index (χ0v) is 31.2. The van der Waals surface area contributed by atoms with Crippen molar-refractivity contribution < 1.29 is 0 Å². The fourth-order valence-electron chi connectivity index (χ4n) is 10.3. The van der Waals surface area contributed by atoms with Gasteiger partial charge in [0.1, 0.15) is 0 Å². The number of hydrogen-bond acceptors (Lipinski definition) is 0. The molecule has 0 saturated heterocycles. The van der Waals surface area contributed by atoms with Crippen molar-refractivity contribution in [3.05, 3.63) is 192 Å². The van der Waals surface area contributed by atoms with Gasteiger partial charge in [0.2, 0.25) is 0 Å². The molecule has 11 rings (SSSR count). The summed E-state index contributed by atoms with van der Waals surface area (Å²) < 4.78 is 0. The van der Waals surface area contributed by atoms with Gasteiger partial charge in [-0.05, 0) is 128 Å². The van der Waals surface area contributed by atoms with Crippen LogP contribution in [0.15, 0.2) is 170 Å². The molecule has 0 amide bonds. The van der Waals surface area contributed by atoms with Gasteiger partial charge in [-0.15, -0.1) is 0 Å². The maximum absolute atomic E-state index is 2.54. The van der Waals surface area contributed by atoms with E-state index in [0.29, 0.717) is 0 Å². The van der Waals surface area contributed by atoms with Crippen LogP contribution in [-0.4, -0.2) is 0 Å². The van der Waals surface area contributed by atoms with Crippen LogP contribution in [0.3, 0.4) is 0 Å². The predicted molar refractivity (Wildman–Crippen MR) is 230 cm³/mol. The Hall–Kier alpha value is -6.24. The Bertz CT molecular complexity index is 2990. The summed E-state index contributed by atoms with van der Waals surface area (Å²) >= 11 is 0. The Morgan fingerprint density at radius 3 is 1.44 bits per heavy atom. The number of rotatable bonds is 3. The minimum absolute atomic E-state index is 0.111. The largest absolute Gasteiger partial charge is 0.0619 e. The number of benzene rings is 9. The van der Waals surface area contributed by atoms with Crippen LogP contribution in [0.4, 0.5) is 0 Å². The molecule has 0 atom stereocenters. The maximum Gasteiger partial charge on any atom is 0.0165 e. The van der Waals surface area contributed by atoms with Crippen molar-refractivity contribution in [3.63, 3.8) is 0 Å². The first kappa shape index (κ1) is 31.3. The topological polar surface area (TPSA) is 0 Å². The van der Waals surface area contributed by atoms with Gasteiger partial charge in [0.15, 0.2) is 0 Å². The molecule has 9 aromatic carbocycles. The van der Waals surface area contributed by atoms with Gasteiger partial charge in [-0.25, -0.2) is 0 Å². The minimum Gasteiger partial charge on any atom is -0.0619 e. The van der Waals surface area contributed by atoms with Crippen LogP contribution >= 0.6 is 0 Å². The quantitative estimate of drug-likeness (QED) is 0.162. The van der Waals surface area contributed by atoms with Crippen LogP contribution in [-0.2, 0) is 10.8 Å². The summed E-state index contributed by atoms with van der Waals surface area (Å²) in [6.45, 7) is 9.67. The van der Waals surface area contributed by atoms with E-state index in [4.69, 9.17) is 0 Å². The minimum atomic E-state index is -0.158. The molecular weight excluding hydrogens is 649 g/mol. The molecule has 0 spiro atoms. The Morgan fingerprint density at radius 1 is 0.296 bits per heavy atom. The molecule has 256 valence electrons. The number of fused-ring (bicyclic) bond motifs is 9. The third-order valence-electron chi connectivity index (χ3n) is 12.8. The second-order valence-electron chi connectivity index (χ2n) is 16.4. The summed E-state index contributed by atoms with van der Waals surface area (Å²) in [5.74, 6) is 0. The fourth-order valence-corrected chi connectivity index (χ4v) is 10.3. The Morgan fingerprint density at radius 2 is 0.796 bits per heavy atom. The highest BCUT2D eigenvalue weighted by Gasteiger charge is 2.44. The van der Waals surface area contributed by atoms with Gasteiger partial charge in [-0.3, -0.25) is 0 Å². The van der Waals surface area contributed by atoms with E-state index in [9.17, 15) is 0 Å². The van der Waals surface area contributed by atoms with E-state index in [-0.39, 0.29) is 10.8 Å². The van der Waals surface area contributed by atoms with Crippen LogP contribution in [0.2, 0.25) is 0 Å². The summed E-state index contributed by atoms with van der Waals surface area (Å²) in [6, 6.07) is 63.9. The lowest BCUT2D eigenvalue weighted by atomic mass is 9.74. The van der Waals surface area contributed by atoms with Gasteiger partial charge in [0.05, 0.1) is 0 Å². The first-order chi connectivity index (χ1) is 26.3. The molecule has 0 heteroatoms. The maximum atomic E-state index is 2.54. The highest BCUT2D eigenvalue weighted by molar-refractivity contribution is 6.22. The SMILES string of the molecule is CC1(C)c2ccccc2-c2c1cc1c(c2-c2cccc(-c3c4ccccc4c(-c4ccc5ccccc5c4)c4ccccc34)c2)C(C)(C)c2ccccc2-1. The first-order valence-corrected chi connectivity index (χ1v) is 19.3. The molecule has 0 bridgehead atoms. The van der Waals surface area contributed by atoms with Gasteiger partial charge in [0, 0.05) is 10.8 Å². The fraction of sp³-hybridized carbons (Fsp3) is 0.111. The molecule has 0 nitrogen and oxygen atoms in total. The zero-order chi connectivity index (χ0) is 36.3. The van der Waals surface area contributed by atoms with E-state index < -0.39 is 0 Å². The van der Waals surface area contributed by atoms with Crippen LogP contribution in [0.5, 0.6) is 0 Å². The van der Waals surface area contributed by atoms with Crippen molar-refractivity contribution in [1.29, 1.82) is 0 Å². The number of hydrogen-bond donors (Lipinski definition) is 0. The zero-order valence-electron chi connectivity index (χ0n) is 31.2. The molecule has 9 aromatic rings. The molecule has 0 heterocycles. The first-order valence-electron chi connectivity index (χ1n) is 19.3. The average Bonchev–Trinajstić information content (AvgIpc) is 3.58. The summed E-state index contributed by atoms with van der Waals surface area (Å²) in [5, 5.41) is 7.64. The standard InChI is InChI=1S/C54H40/c1-53(2)46-27-14-12-25-43(46)51-47(53)32-44-38-20-11-13-26-45(38)54(3,4)52(44)50(51)36-19-15-18-35(31-36)48-39-21-7-9-23-41(39)49(42-24-10-8-22-40(42)48)37-29-28-33-16-5-6-17-34(33)30-37/h5-32H,1-4H3.